The van der Waals surface area contributed by atoms with Crippen LogP contribution in [-0.2, 0) is 17.1 Å². The molecular formula is C22H19FFeO. The van der Waals surface area contributed by atoms with E-state index in [1.54, 1.807) is 18.2 Å². The minimum Gasteiger partial charge on any atom is -0.872 e. The Morgan fingerprint density at radius 3 is 2.24 bits per heavy atom. The minimum atomic E-state index is -0.436. The van der Waals surface area contributed by atoms with Gasteiger partial charge in [-0.2, -0.15) is 18.2 Å². The number of benzene rings is 1. The van der Waals surface area contributed by atoms with Crippen LogP contribution >= 0.6 is 0 Å². The van der Waals surface area contributed by atoms with Crippen LogP contribution in [0.1, 0.15) is 24.8 Å². The van der Waals surface area contributed by atoms with Gasteiger partial charge < -0.3 is 5.11 Å². The van der Waals surface area contributed by atoms with Gasteiger partial charge in [0.25, 0.3) is 0 Å². The molecule has 4 rings (SSSR count). The first-order valence-electron chi connectivity index (χ1n) is 8.17. The van der Waals surface area contributed by atoms with E-state index in [0.717, 1.165) is 36.0 Å². The maximum atomic E-state index is 13.7. The molecule has 0 radical (unpaired) electrons. The fourth-order valence-corrected chi connectivity index (χ4v) is 3.02. The third kappa shape index (κ3) is 4.66. The number of rotatable bonds is 1. The Morgan fingerprint density at radius 2 is 1.64 bits per heavy atom. The molecule has 0 aromatic heterocycles. The van der Waals surface area contributed by atoms with Gasteiger partial charge in [0.05, 0.1) is 0 Å². The van der Waals surface area contributed by atoms with Crippen LogP contribution < -0.4 is 5.11 Å². The van der Waals surface area contributed by atoms with E-state index in [1.807, 2.05) is 54.6 Å². The summed E-state index contributed by atoms with van der Waals surface area (Å²) < 4.78 is 13.7. The molecule has 128 valence electrons. The Balaban J connectivity index is 0.000000325. The van der Waals surface area contributed by atoms with Crippen molar-refractivity contribution in [3.63, 3.8) is 0 Å². The summed E-state index contributed by atoms with van der Waals surface area (Å²) in [5.41, 5.74) is 3.13. The zero-order valence-electron chi connectivity index (χ0n) is 13.8. The van der Waals surface area contributed by atoms with Crippen LogP contribution in [0.4, 0.5) is 4.39 Å². The zero-order chi connectivity index (χ0) is 16.8. The quantitative estimate of drug-likeness (QED) is 0.395. The molecule has 2 aliphatic carbocycles. The predicted octanol–water partition coefficient (Wildman–Crippen LogP) is 4.91. The Bertz CT molecular complexity index is 779. The smallest absolute Gasteiger partial charge is 0.872 e. The van der Waals surface area contributed by atoms with Crippen molar-refractivity contribution in [2.75, 3.05) is 0 Å². The number of hydrogen-bond acceptors (Lipinski definition) is 1. The fourth-order valence-electron chi connectivity index (χ4n) is 3.02. The maximum Gasteiger partial charge on any atom is 2.00 e. The Kier molecular flexibility index (Phi) is 7.12. The summed E-state index contributed by atoms with van der Waals surface area (Å²) in [6.45, 7) is 0. The summed E-state index contributed by atoms with van der Waals surface area (Å²) in [7, 11) is 0. The molecule has 0 N–H and O–H groups in total. The second-order valence-corrected chi connectivity index (χ2v) is 5.76. The van der Waals surface area contributed by atoms with Gasteiger partial charge in [-0.25, -0.2) is 16.5 Å². The van der Waals surface area contributed by atoms with Gasteiger partial charge >= 0.3 is 17.1 Å². The van der Waals surface area contributed by atoms with Crippen molar-refractivity contribution >= 4 is 5.76 Å². The van der Waals surface area contributed by atoms with E-state index in [4.69, 9.17) is 0 Å². The molecule has 2 aliphatic rings. The van der Waals surface area contributed by atoms with Crippen molar-refractivity contribution < 1.29 is 26.6 Å². The van der Waals surface area contributed by atoms with Crippen molar-refractivity contribution in [2.45, 2.75) is 19.3 Å². The third-order valence-electron chi connectivity index (χ3n) is 4.18. The SMILES string of the molecule is [Fe+2].[O-]C(=C1CCCC1=C1C=CC=C1)c1ccccc1F.c1cc[cH-]c1. The van der Waals surface area contributed by atoms with Crippen LogP contribution in [0.3, 0.4) is 0 Å². The van der Waals surface area contributed by atoms with Crippen molar-refractivity contribution in [1.29, 1.82) is 0 Å². The molecule has 2 aromatic rings. The average Bonchev–Trinajstić information content (AvgIpc) is 3.38. The van der Waals surface area contributed by atoms with Gasteiger partial charge in [0.15, 0.2) is 0 Å². The van der Waals surface area contributed by atoms with E-state index in [0.29, 0.717) is 0 Å². The van der Waals surface area contributed by atoms with Gasteiger partial charge in [0, 0.05) is 5.56 Å². The summed E-state index contributed by atoms with van der Waals surface area (Å²) >= 11 is 0. The van der Waals surface area contributed by atoms with Gasteiger partial charge in [0.2, 0.25) is 0 Å². The molecule has 0 atom stereocenters. The number of allylic oxidation sites excluding steroid dienone is 7. The molecule has 1 fully saturated rings. The first-order valence-corrected chi connectivity index (χ1v) is 8.17. The van der Waals surface area contributed by atoms with E-state index < -0.39 is 5.82 Å². The summed E-state index contributed by atoms with van der Waals surface area (Å²) in [5.74, 6) is -0.597. The van der Waals surface area contributed by atoms with E-state index in [1.165, 1.54) is 6.07 Å². The Morgan fingerprint density at radius 1 is 0.960 bits per heavy atom. The van der Waals surface area contributed by atoms with Crippen LogP contribution in [-0.4, -0.2) is 0 Å². The van der Waals surface area contributed by atoms with Gasteiger partial charge in [0.1, 0.15) is 5.82 Å². The molecule has 2 aromatic carbocycles. The Labute approximate surface area is 158 Å². The summed E-state index contributed by atoms with van der Waals surface area (Å²) in [4.78, 5) is 0. The zero-order valence-corrected chi connectivity index (χ0v) is 14.9. The second kappa shape index (κ2) is 9.31. The van der Waals surface area contributed by atoms with E-state index in [2.05, 4.69) is 0 Å². The average molecular weight is 374 g/mol. The monoisotopic (exact) mass is 374 g/mol. The number of halogens is 1. The molecule has 0 aliphatic heterocycles. The van der Waals surface area contributed by atoms with Gasteiger partial charge in [-0.05, 0) is 36.5 Å². The molecule has 1 saturated carbocycles. The van der Waals surface area contributed by atoms with Crippen LogP contribution in [0.25, 0.3) is 5.76 Å². The van der Waals surface area contributed by atoms with E-state index >= 15 is 0 Å². The topological polar surface area (TPSA) is 23.1 Å². The van der Waals surface area contributed by atoms with Crippen LogP contribution in [0.15, 0.2) is 95.6 Å². The molecule has 3 heteroatoms. The Hall–Kier alpha value is -2.22. The normalized spacial score (nSPS) is 17.2. The fraction of sp³-hybridized carbons (Fsp3) is 0.136. The maximum absolute atomic E-state index is 13.7. The first kappa shape index (κ1) is 19.1. The largest absolute Gasteiger partial charge is 2.00 e. The van der Waals surface area contributed by atoms with Crippen LogP contribution in [0.5, 0.6) is 0 Å². The summed E-state index contributed by atoms with van der Waals surface area (Å²) in [5, 5.41) is 12.5. The second-order valence-electron chi connectivity index (χ2n) is 5.76. The molecule has 0 amide bonds. The minimum absolute atomic E-state index is 0. The molecule has 0 bridgehead atoms. The van der Waals surface area contributed by atoms with Gasteiger partial charge in [-0.1, -0.05) is 53.8 Å². The summed E-state index contributed by atoms with van der Waals surface area (Å²) in [6.07, 6.45) is 10.6. The van der Waals surface area contributed by atoms with Gasteiger partial charge in [-0.3, -0.25) is 0 Å². The van der Waals surface area contributed by atoms with Crippen molar-refractivity contribution in [1.82, 2.24) is 0 Å². The predicted molar refractivity (Wildman–Crippen MR) is 94.5 cm³/mol. The van der Waals surface area contributed by atoms with E-state index in [-0.39, 0.29) is 28.4 Å². The molecule has 0 saturated heterocycles. The van der Waals surface area contributed by atoms with Crippen molar-refractivity contribution in [2.24, 2.45) is 0 Å². The molecule has 0 heterocycles. The summed E-state index contributed by atoms with van der Waals surface area (Å²) in [6, 6.07) is 16.2. The van der Waals surface area contributed by atoms with Crippen LogP contribution in [0.2, 0.25) is 0 Å². The molecule has 0 spiro atoms. The third-order valence-corrected chi connectivity index (χ3v) is 4.18. The van der Waals surface area contributed by atoms with Gasteiger partial charge in [-0.15, -0.1) is 0 Å². The first-order chi connectivity index (χ1) is 11.8. The molecule has 25 heavy (non-hydrogen) atoms. The van der Waals surface area contributed by atoms with Crippen molar-refractivity contribution in [3.05, 3.63) is 107 Å². The molecule has 1 nitrogen and oxygen atoms in total. The van der Waals surface area contributed by atoms with Crippen LogP contribution in [0, 0.1) is 5.82 Å². The number of hydrogen-bond donors (Lipinski definition) is 0. The molecular weight excluding hydrogens is 355 g/mol. The van der Waals surface area contributed by atoms with E-state index in [9.17, 15) is 9.50 Å². The van der Waals surface area contributed by atoms with Crippen molar-refractivity contribution in [3.8, 4) is 0 Å². The standard InChI is InChI=1S/C17H15FO.C5H5.Fe/c18-16-11-4-3-8-15(16)17(19)14-10-5-9-13(14)12-6-1-2-7-12;1-2-4-5-3-1;/h1-4,6-8,11,19H,5,9-10H2;1-5H;/q;-1;+2/p-1. The molecule has 0 unspecified atom stereocenters.